The number of piperazine rings is 1. The molecule has 0 saturated carbocycles. The summed E-state index contributed by atoms with van der Waals surface area (Å²) in [6.07, 6.45) is 1.72. The Labute approximate surface area is 180 Å². The van der Waals surface area contributed by atoms with Gasteiger partial charge < -0.3 is 4.90 Å². The molecule has 1 aliphatic heterocycles. The number of fused-ring (bicyclic) bond motifs is 2. The number of benzene rings is 1. The third-order valence-corrected chi connectivity index (χ3v) is 6.32. The number of rotatable bonds is 3. The Hall–Kier alpha value is -3.37. The molecule has 4 aromatic rings. The van der Waals surface area contributed by atoms with Gasteiger partial charge in [-0.05, 0) is 6.07 Å². The lowest BCUT2D eigenvalue weighted by Crippen LogP contribution is -2.48. The van der Waals surface area contributed by atoms with Crippen molar-refractivity contribution in [2.24, 2.45) is 7.05 Å². The number of aryl methyl sites for hydroxylation is 1. The molecular weight excluding hydrogens is 416 g/mol. The monoisotopic (exact) mass is 436 g/mol. The summed E-state index contributed by atoms with van der Waals surface area (Å²) < 4.78 is 2.76. The summed E-state index contributed by atoms with van der Waals surface area (Å²) in [5.41, 5.74) is 0.729. The van der Waals surface area contributed by atoms with Crippen LogP contribution in [0.5, 0.6) is 0 Å². The van der Waals surface area contributed by atoms with Gasteiger partial charge in [-0.25, -0.2) is 9.67 Å². The van der Waals surface area contributed by atoms with Crippen molar-refractivity contribution >= 4 is 33.0 Å². The fourth-order valence-electron chi connectivity index (χ4n) is 3.91. The minimum Gasteiger partial charge on any atom is -0.335 e. The van der Waals surface area contributed by atoms with Gasteiger partial charge in [0.15, 0.2) is 10.7 Å². The molecule has 0 spiro atoms. The molecular formula is C21H20N6O3S. The quantitative estimate of drug-likeness (QED) is 0.475. The van der Waals surface area contributed by atoms with Gasteiger partial charge in [-0.3, -0.25) is 23.7 Å². The lowest BCUT2D eigenvalue weighted by molar-refractivity contribution is 0.0621. The van der Waals surface area contributed by atoms with Crippen molar-refractivity contribution in [1.29, 1.82) is 0 Å². The molecule has 0 N–H and O–H groups in total. The molecule has 1 fully saturated rings. The molecule has 0 radical (unpaired) electrons. The first kappa shape index (κ1) is 19.6. The van der Waals surface area contributed by atoms with Crippen molar-refractivity contribution in [3.63, 3.8) is 0 Å². The zero-order valence-electron chi connectivity index (χ0n) is 16.9. The van der Waals surface area contributed by atoms with Crippen LogP contribution in [0, 0.1) is 0 Å². The number of amides is 1. The highest BCUT2D eigenvalue weighted by atomic mass is 32.1. The molecule has 9 nitrogen and oxygen atoms in total. The predicted octanol–water partition coefficient (Wildman–Crippen LogP) is 0.961. The van der Waals surface area contributed by atoms with E-state index in [-0.39, 0.29) is 17.0 Å². The second-order valence-electron chi connectivity index (χ2n) is 7.53. The maximum atomic E-state index is 13.2. The van der Waals surface area contributed by atoms with Gasteiger partial charge in [0, 0.05) is 62.8 Å². The molecule has 1 aromatic carbocycles. The van der Waals surface area contributed by atoms with E-state index in [4.69, 9.17) is 0 Å². The number of hydrogen-bond donors (Lipinski definition) is 0. The van der Waals surface area contributed by atoms with E-state index in [1.165, 1.54) is 20.4 Å². The molecule has 1 aliphatic rings. The SMILES string of the molecule is Cn1nc(C(=O)N2CCN(Cc3cc(=O)n4ccsc4n3)CC2)c2ccccc2c1=O. The highest BCUT2D eigenvalue weighted by Crippen LogP contribution is 2.17. The van der Waals surface area contributed by atoms with Crippen LogP contribution in [0.1, 0.15) is 16.2 Å². The molecule has 1 amide bonds. The number of carbonyl (C=O) groups excluding carboxylic acids is 1. The predicted molar refractivity (Wildman–Crippen MR) is 118 cm³/mol. The fraction of sp³-hybridized carbons (Fsp3) is 0.286. The number of thiazole rings is 1. The Morgan fingerprint density at radius 1 is 1.10 bits per heavy atom. The van der Waals surface area contributed by atoms with Crippen LogP contribution in [-0.4, -0.2) is 61.1 Å². The zero-order valence-corrected chi connectivity index (χ0v) is 17.7. The minimum absolute atomic E-state index is 0.0808. The summed E-state index contributed by atoms with van der Waals surface area (Å²) in [6.45, 7) is 2.98. The summed E-state index contributed by atoms with van der Waals surface area (Å²) in [5.74, 6) is -0.178. The maximum absolute atomic E-state index is 13.2. The second kappa shape index (κ2) is 7.71. The summed E-state index contributed by atoms with van der Waals surface area (Å²) >= 11 is 1.43. The van der Waals surface area contributed by atoms with Crippen LogP contribution in [0.3, 0.4) is 0 Å². The molecule has 0 unspecified atom stereocenters. The van der Waals surface area contributed by atoms with E-state index in [1.807, 2.05) is 5.38 Å². The third kappa shape index (κ3) is 3.53. The number of hydrogen-bond acceptors (Lipinski definition) is 7. The van der Waals surface area contributed by atoms with Gasteiger partial charge in [-0.2, -0.15) is 5.10 Å². The van der Waals surface area contributed by atoms with Crippen LogP contribution in [0.2, 0.25) is 0 Å². The molecule has 10 heteroatoms. The Balaban J connectivity index is 1.32. The summed E-state index contributed by atoms with van der Waals surface area (Å²) in [7, 11) is 1.56. The fourth-order valence-corrected chi connectivity index (χ4v) is 4.65. The van der Waals surface area contributed by atoms with Crippen molar-refractivity contribution in [2.75, 3.05) is 26.2 Å². The van der Waals surface area contributed by atoms with E-state index in [0.717, 1.165) is 5.69 Å². The van der Waals surface area contributed by atoms with Crippen molar-refractivity contribution in [3.8, 4) is 0 Å². The zero-order chi connectivity index (χ0) is 21.5. The van der Waals surface area contributed by atoms with Crippen LogP contribution >= 0.6 is 11.3 Å². The van der Waals surface area contributed by atoms with Crippen molar-refractivity contribution in [1.82, 2.24) is 29.0 Å². The van der Waals surface area contributed by atoms with Crippen molar-refractivity contribution in [2.45, 2.75) is 6.54 Å². The van der Waals surface area contributed by atoms with E-state index in [9.17, 15) is 14.4 Å². The largest absolute Gasteiger partial charge is 0.335 e. The van der Waals surface area contributed by atoms with Crippen molar-refractivity contribution < 1.29 is 4.79 Å². The van der Waals surface area contributed by atoms with Crippen LogP contribution in [0.4, 0.5) is 0 Å². The first-order chi connectivity index (χ1) is 15.0. The number of aromatic nitrogens is 4. The number of nitrogens with zero attached hydrogens (tertiary/aromatic N) is 6. The van der Waals surface area contributed by atoms with Gasteiger partial charge in [0.1, 0.15) is 0 Å². The first-order valence-electron chi connectivity index (χ1n) is 9.95. The van der Waals surface area contributed by atoms with E-state index < -0.39 is 0 Å². The molecule has 0 bridgehead atoms. The average molecular weight is 436 g/mol. The smallest absolute Gasteiger partial charge is 0.275 e. The van der Waals surface area contributed by atoms with E-state index in [1.54, 1.807) is 48.5 Å². The Kier molecular flexibility index (Phi) is 4.87. The average Bonchev–Trinajstić information content (AvgIpc) is 3.26. The lowest BCUT2D eigenvalue weighted by Gasteiger charge is -2.34. The molecule has 158 valence electrons. The highest BCUT2D eigenvalue weighted by Gasteiger charge is 2.25. The van der Waals surface area contributed by atoms with Gasteiger partial charge >= 0.3 is 0 Å². The van der Waals surface area contributed by atoms with E-state index >= 15 is 0 Å². The Bertz CT molecular complexity index is 1410. The summed E-state index contributed by atoms with van der Waals surface area (Å²) in [6, 6.07) is 8.63. The lowest BCUT2D eigenvalue weighted by atomic mass is 10.1. The number of carbonyl (C=O) groups is 1. The summed E-state index contributed by atoms with van der Waals surface area (Å²) in [4.78, 5) is 46.9. The minimum atomic E-state index is -0.219. The van der Waals surface area contributed by atoms with Gasteiger partial charge in [-0.1, -0.05) is 18.2 Å². The van der Waals surface area contributed by atoms with E-state index in [2.05, 4.69) is 15.0 Å². The topological polar surface area (TPSA) is 92.8 Å². The highest BCUT2D eigenvalue weighted by molar-refractivity contribution is 7.15. The Morgan fingerprint density at radius 3 is 2.61 bits per heavy atom. The van der Waals surface area contributed by atoms with Gasteiger partial charge in [0.2, 0.25) is 0 Å². The second-order valence-corrected chi connectivity index (χ2v) is 8.41. The molecule has 0 atom stereocenters. The van der Waals surface area contributed by atoms with E-state index in [0.29, 0.717) is 54.2 Å². The van der Waals surface area contributed by atoms with Crippen LogP contribution < -0.4 is 11.1 Å². The van der Waals surface area contributed by atoms with Crippen molar-refractivity contribution in [3.05, 3.63) is 74.0 Å². The van der Waals surface area contributed by atoms with Crippen LogP contribution in [-0.2, 0) is 13.6 Å². The molecule has 4 heterocycles. The summed E-state index contributed by atoms with van der Waals surface area (Å²) in [5, 5.41) is 7.16. The normalized spacial score (nSPS) is 15.1. The molecule has 31 heavy (non-hydrogen) atoms. The van der Waals surface area contributed by atoms with Gasteiger partial charge in [0.05, 0.1) is 11.1 Å². The van der Waals surface area contributed by atoms with Crippen LogP contribution in [0.15, 0.2) is 51.5 Å². The molecule has 1 saturated heterocycles. The molecule has 0 aliphatic carbocycles. The molecule has 5 rings (SSSR count). The third-order valence-electron chi connectivity index (χ3n) is 5.56. The van der Waals surface area contributed by atoms with Gasteiger partial charge in [-0.15, -0.1) is 11.3 Å². The Morgan fingerprint density at radius 2 is 1.84 bits per heavy atom. The molecule has 3 aromatic heterocycles. The first-order valence-corrected chi connectivity index (χ1v) is 10.8. The van der Waals surface area contributed by atoms with Gasteiger partial charge in [0.25, 0.3) is 17.0 Å². The maximum Gasteiger partial charge on any atom is 0.275 e. The van der Waals surface area contributed by atoms with Crippen LogP contribution in [0.25, 0.3) is 15.7 Å². The standard InChI is InChI=1S/C21H20N6O3S/c1-24-19(29)16-5-3-2-4-15(16)18(23-24)20(30)26-8-6-25(7-9-26)13-14-12-17(28)27-10-11-31-21(27)22-14/h2-5,10-12H,6-9,13H2,1H3.